The lowest BCUT2D eigenvalue weighted by atomic mass is 10.0. The highest BCUT2D eigenvalue weighted by Crippen LogP contribution is 2.32. The number of benzene rings is 1. The fraction of sp³-hybridized carbons (Fsp3) is 0.375. The Labute approximate surface area is 270 Å². The van der Waals surface area contributed by atoms with E-state index < -0.39 is 12.2 Å². The lowest BCUT2D eigenvalue weighted by Gasteiger charge is -2.40. The summed E-state index contributed by atoms with van der Waals surface area (Å²) in [5, 5.41) is 6.11. The number of hydrogen-bond donors (Lipinski definition) is 2. The first-order valence-electron chi connectivity index (χ1n) is 14.9. The molecule has 11 nitrogen and oxygen atoms in total. The minimum Gasteiger partial charge on any atom is -0.436 e. The molecule has 5 heterocycles. The molecule has 2 aromatic heterocycles. The third-order valence-electron chi connectivity index (χ3n) is 8.64. The number of amides is 4. The molecule has 0 radical (unpaired) electrons. The molecule has 0 saturated carbocycles. The molecule has 0 bridgehead atoms. The quantitative estimate of drug-likeness (QED) is 0.303. The van der Waals surface area contributed by atoms with Gasteiger partial charge >= 0.3 is 12.1 Å². The van der Waals surface area contributed by atoms with Crippen LogP contribution in [0.5, 0.6) is 0 Å². The number of ether oxygens (including phenoxy) is 1. The first-order chi connectivity index (χ1) is 21.8. The van der Waals surface area contributed by atoms with Crippen molar-refractivity contribution < 1.29 is 19.1 Å². The normalized spacial score (nSPS) is 17.7. The van der Waals surface area contributed by atoms with Gasteiger partial charge in [-0.05, 0) is 54.1 Å². The number of terminal acetylenes is 1. The first kappa shape index (κ1) is 30.6. The lowest BCUT2D eigenvalue weighted by molar-refractivity contribution is -0.141. The van der Waals surface area contributed by atoms with Crippen LogP contribution in [0.4, 0.5) is 26.0 Å². The smallest absolute Gasteiger partial charge is 0.410 e. The summed E-state index contributed by atoms with van der Waals surface area (Å²) < 4.78 is 5.96. The van der Waals surface area contributed by atoms with E-state index in [1.165, 1.54) is 11.3 Å². The number of piperidine rings is 1. The molecule has 0 unspecified atom stereocenters. The Balaban J connectivity index is 1.12. The number of hydrogen-bond acceptors (Lipinski definition) is 8. The van der Waals surface area contributed by atoms with E-state index in [0.717, 1.165) is 16.3 Å². The van der Waals surface area contributed by atoms with E-state index in [1.54, 1.807) is 34.3 Å². The minimum absolute atomic E-state index is 0.00433. The number of urea groups is 1. The van der Waals surface area contributed by atoms with Crippen LogP contribution in [0.25, 0.3) is 0 Å². The fourth-order valence-corrected chi connectivity index (χ4v) is 7.13. The molecular weight excluding hydrogens is 614 g/mol. The SMILES string of the molecule is C#Cc1cc(C[C@@H](OC(=O)N2CCC(N3Cc4ccsc4NC3=O)CC2)C(=O)N2CCN(c3ccncc3)CC2)cc(Cl)c1N. The van der Waals surface area contributed by atoms with Crippen molar-refractivity contribution >= 4 is 57.3 Å². The number of anilines is 3. The average molecular weight is 648 g/mol. The molecule has 1 aromatic carbocycles. The standard InChI is InChI=1S/C32H34ClN7O4S/c1-2-22-17-21(18-26(33)28(22)34)19-27(30(41)38-14-12-37(13-15-38)24-3-8-35-9-4-24)44-32(43)39-10-5-25(6-11-39)40-20-23-7-16-45-29(23)36-31(40)42/h1,3-4,7-9,16-18,25,27H,5-6,10-15,19-20,34H2,(H,36,42)/t27-/m1/s1. The number of piperazine rings is 1. The van der Waals surface area contributed by atoms with Gasteiger partial charge in [0.15, 0.2) is 6.10 Å². The van der Waals surface area contributed by atoms with Crippen LogP contribution in [0.2, 0.25) is 5.02 Å². The number of nitrogens with two attached hydrogens (primary N) is 1. The average Bonchev–Trinajstić information content (AvgIpc) is 3.53. The monoisotopic (exact) mass is 647 g/mol. The third kappa shape index (κ3) is 6.65. The van der Waals surface area contributed by atoms with Crippen LogP contribution in [-0.2, 0) is 22.5 Å². The molecule has 234 valence electrons. The topological polar surface area (TPSA) is 124 Å². The highest BCUT2D eigenvalue weighted by Gasteiger charge is 2.36. The molecule has 0 spiro atoms. The minimum atomic E-state index is -1.09. The molecule has 13 heteroatoms. The lowest BCUT2D eigenvalue weighted by Crippen LogP contribution is -2.54. The number of carbonyl (C=O) groups is 3. The van der Waals surface area contributed by atoms with Crippen LogP contribution in [0.3, 0.4) is 0 Å². The Kier molecular flexibility index (Phi) is 9.00. The predicted molar refractivity (Wildman–Crippen MR) is 174 cm³/mol. The maximum absolute atomic E-state index is 13.9. The highest BCUT2D eigenvalue weighted by molar-refractivity contribution is 7.14. The van der Waals surface area contributed by atoms with Crippen LogP contribution in [0.1, 0.15) is 29.5 Å². The molecule has 0 aliphatic carbocycles. The number of nitrogen functional groups attached to an aromatic ring is 1. The molecule has 3 aromatic rings. The number of nitrogens with one attached hydrogen (secondary N) is 1. The summed E-state index contributed by atoms with van der Waals surface area (Å²) >= 11 is 7.86. The molecule has 3 N–H and O–H groups in total. The van der Waals surface area contributed by atoms with E-state index in [9.17, 15) is 14.4 Å². The van der Waals surface area contributed by atoms with Gasteiger partial charge < -0.3 is 30.1 Å². The summed E-state index contributed by atoms with van der Waals surface area (Å²) in [5.41, 5.74) is 9.51. The van der Waals surface area contributed by atoms with Crippen LogP contribution in [-0.4, -0.2) is 89.1 Å². The van der Waals surface area contributed by atoms with Crippen molar-refractivity contribution in [3.8, 4) is 12.3 Å². The number of likely N-dealkylation sites (tertiary alicyclic amines) is 1. The van der Waals surface area contributed by atoms with Gasteiger partial charge in [0.05, 0.1) is 17.3 Å². The molecule has 3 aliphatic rings. The van der Waals surface area contributed by atoms with Gasteiger partial charge in [-0.2, -0.15) is 0 Å². The number of nitrogens with zero attached hydrogens (tertiary/aromatic N) is 5. The molecule has 2 saturated heterocycles. The van der Waals surface area contributed by atoms with Crippen LogP contribution >= 0.6 is 22.9 Å². The maximum atomic E-state index is 13.9. The van der Waals surface area contributed by atoms with Crippen molar-refractivity contribution in [3.05, 3.63) is 69.8 Å². The van der Waals surface area contributed by atoms with Gasteiger partial charge in [0.1, 0.15) is 5.00 Å². The Morgan fingerprint density at radius 2 is 1.84 bits per heavy atom. The van der Waals surface area contributed by atoms with Crippen molar-refractivity contribution in [2.45, 2.75) is 38.0 Å². The van der Waals surface area contributed by atoms with Gasteiger partial charge in [-0.25, -0.2) is 9.59 Å². The zero-order valence-electron chi connectivity index (χ0n) is 24.7. The van der Waals surface area contributed by atoms with Crippen LogP contribution in [0, 0.1) is 12.3 Å². The molecular formula is C32H34ClN7O4S. The molecule has 45 heavy (non-hydrogen) atoms. The number of thiophene rings is 1. The molecule has 4 amide bonds. The molecule has 2 fully saturated rings. The number of pyridine rings is 1. The largest absolute Gasteiger partial charge is 0.436 e. The van der Waals surface area contributed by atoms with Gasteiger partial charge in [-0.3, -0.25) is 15.1 Å². The summed E-state index contributed by atoms with van der Waals surface area (Å²) in [6.07, 6.45) is 8.78. The molecule has 3 aliphatic heterocycles. The first-order valence-corrected chi connectivity index (χ1v) is 16.1. The number of fused-ring (bicyclic) bond motifs is 1. The van der Waals surface area contributed by atoms with Crippen molar-refractivity contribution in [1.82, 2.24) is 19.7 Å². The predicted octanol–water partition coefficient (Wildman–Crippen LogP) is 4.27. The van der Waals surface area contributed by atoms with Gasteiger partial charge in [0, 0.05) is 80.9 Å². The van der Waals surface area contributed by atoms with E-state index in [0.29, 0.717) is 69.8 Å². The summed E-state index contributed by atoms with van der Waals surface area (Å²) in [6, 6.07) is 9.14. The van der Waals surface area contributed by atoms with E-state index in [4.69, 9.17) is 28.5 Å². The Hall–Kier alpha value is -4.47. The maximum Gasteiger partial charge on any atom is 0.410 e. The fourth-order valence-electron chi connectivity index (χ4n) is 6.09. The summed E-state index contributed by atoms with van der Waals surface area (Å²) in [5.74, 6) is 2.25. The summed E-state index contributed by atoms with van der Waals surface area (Å²) in [4.78, 5) is 51.6. The highest BCUT2D eigenvalue weighted by atomic mass is 35.5. The van der Waals surface area contributed by atoms with Gasteiger partial charge in [0.2, 0.25) is 0 Å². The van der Waals surface area contributed by atoms with E-state index in [2.05, 4.69) is 21.1 Å². The van der Waals surface area contributed by atoms with Crippen molar-refractivity contribution in [2.75, 3.05) is 55.2 Å². The number of aromatic nitrogens is 1. The van der Waals surface area contributed by atoms with E-state index in [-0.39, 0.29) is 35.1 Å². The number of halogens is 1. The van der Waals surface area contributed by atoms with Crippen molar-refractivity contribution in [3.63, 3.8) is 0 Å². The van der Waals surface area contributed by atoms with Crippen LogP contribution < -0.4 is 16.0 Å². The Morgan fingerprint density at radius 1 is 1.11 bits per heavy atom. The number of rotatable bonds is 6. The Morgan fingerprint density at radius 3 is 2.56 bits per heavy atom. The zero-order valence-corrected chi connectivity index (χ0v) is 26.2. The molecule has 6 rings (SSSR count). The zero-order chi connectivity index (χ0) is 31.5. The van der Waals surface area contributed by atoms with Gasteiger partial charge in [-0.15, -0.1) is 17.8 Å². The van der Waals surface area contributed by atoms with E-state index >= 15 is 0 Å². The van der Waals surface area contributed by atoms with Crippen LogP contribution in [0.15, 0.2) is 48.1 Å². The van der Waals surface area contributed by atoms with Crippen molar-refractivity contribution in [1.29, 1.82) is 0 Å². The second kappa shape index (κ2) is 13.3. The van der Waals surface area contributed by atoms with Gasteiger partial charge in [0.25, 0.3) is 5.91 Å². The number of carbonyl (C=O) groups excluding carboxylic acids is 3. The Bertz CT molecular complexity index is 1610. The van der Waals surface area contributed by atoms with Crippen molar-refractivity contribution in [2.24, 2.45) is 0 Å². The molecule has 1 atom stereocenters. The van der Waals surface area contributed by atoms with Gasteiger partial charge in [-0.1, -0.05) is 17.5 Å². The second-order valence-corrected chi connectivity index (χ2v) is 12.7. The second-order valence-electron chi connectivity index (χ2n) is 11.3. The summed E-state index contributed by atoms with van der Waals surface area (Å²) in [7, 11) is 0. The third-order valence-corrected chi connectivity index (χ3v) is 9.82. The summed E-state index contributed by atoms with van der Waals surface area (Å²) in [6.45, 7) is 3.58. The van der Waals surface area contributed by atoms with E-state index in [1.807, 2.05) is 28.5 Å².